The molecule has 92 valence electrons. The van der Waals surface area contributed by atoms with Gasteiger partial charge in [0.05, 0.1) is 0 Å². The minimum Gasteiger partial charge on any atom is -0.311 e. The molecule has 2 saturated heterocycles. The first-order valence-electron chi connectivity index (χ1n) is 6.04. The molecule has 1 N–H and O–H groups in total. The summed E-state index contributed by atoms with van der Waals surface area (Å²) in [5, 5.41) is 3.47. The molecule has 17 heavy (non-hydrogen) atoms. The minimum absolute atomic E-state index is 0.151. The van der Waals surface area contributed by atoms with E-state index >= 15 is 0 Å². The van der Waals surface area contributed by atoms with E-state index in [4.69, 9.17) is 0 Å². The molecule has 0 aromatic heterocycles. The van der Waals surface area contributed by atoms with Gasteiger partial charge in [-0.2, -0.15) is 0 Å². The summed E-state index contributed by atoms with van der Waals surface area (Å²) in [5.41, 5.74) is 0.597. The highest BCUT2D eigenvalue weighted by Gasteiger charge is 2.34. The van der Waals surface area contributed by atoms with Crippen LogP contribution in [0, 0.1) is 17.5 Å². The predicted molar refractivity (Wildman–Crippen MR) is 58.2 cm³/mol. The number of halogens is 3. The fraction of sp³-hybridized carbons (Fsp3) is 0.538. The van der Waals surface area contributed by atoms with E-state index in [-0.39, 0.29) is 5.92 Å². The maximum atomic E-state index is 13.2. The zero-order chi connectivity index (χ0) is 12.0. The first-order chi connectivity index (χ1) is 8.13. The molecule has 3 atom stereocenters. The summed E-state index contributed by atoms with van der Waals surface area (Å²) in [5.74, 6) is -3.37. The summed E-state index contributed by atoms with van der Waals surface area (Å²) < 4.78 is 39.2. The van der Waals surface area contributed by atoms with Crippen LogP contribution in [0.2, 0.25) is 0 Å². The van der Waals surface area contributed by atoms with Crippen molar-refractivity contribution in [2.75, 3.05) is 0 Å². The fourth-order valence-electron chi connectivity index (χ4n) is 3.14. The average molecular weight is 241 g/mol. The van der Waals surface area contributed by atoms with Gasteiger partial charge in [-0.3, -0.25) is 0 Å². The molecule has 2 fully saturated rings. The lowest BCUT2D eigenvalue weighted by Gasteiger charge is -2.29. The van der Waals surface area contributed by atoms with Gasteiger partial charge in [0.15, 0.2) is 17.5 Å². The van der Waals surface area contributed by atoms with E-state index in [1.54, 1.807) is 0 Å². The van der Waals surface area contributed by atoms with Gasteiger partial charge >= 0.3 is 0 Å². The number of hydrogen-bond acceptors (Lipinski definition) is 1. The summed E-state index contributed by atoms with van der Waals surface area (Å²) in [6, 6.07) is 3.20. The lowest BCUT2D eigenvalue weighted by molar-refractivity contribution is 0.359. The Morgan fingerprint density at radius 2 is 1.47 bits per heavy atom. The van der Waals surface area contributed by atoms with Crippen LogP contribution >= 0.6 is 0 Å². The van der Waals surface area contributed by atoms with Crippen molar-refractivity contribution in [2.45, 2.75) is 43.7 Å². The van der Waals surface area contributed by atoms with Gasteiger partial charge in [-0.05, 0) is 49.3 Å². The fourth-order valence-corrected chi connectivity index (χ4v) is 3.14. The molecule has 4 heteroatoms. The van der Waals surface area contributed by atoms with E-state index < -0.39 is 17.5 Å². The third kappa shape index (κ3) is 1.95. The molecule has 2 heterocycles. The van der Waals surface area contributed by atoms with Crippen LogP contribution in [0.1, 0.15) is 37.2 Å². The summed E-state index contributed by atoms with van der Waals surface area (Å²) >= 11 is 0. The van der Waals surface area contributed by atoms with Crippen molar-refractivity contribution in [1.82, 2.24) is 5.32 Å². The molecular formula is C13H14F3N. The van der Waals surface area contributed by atoms with E-state index in [2.05, 4.69) is 5.32 Å². The summed E-state index contributed by atoms with van der Waals surface area (Å²) in [6.45, 7) is 0. The topological polar surface area (TPSA) is 12.0 Å². The molecule has 1 aromatic carbocycles. The highest BCUT2D eigenvalue weighted by atomic mass is 19.2. The molecule has 0 radical (unpaired) electrons. The molecule has 1 aromatic rings. The number of piperidine rings is 1. The molecule has 2 bridgehead atoms. The average Bonchev–Trinajstić information content (AvgIpc) is 2.64. The third-order valence-corrected chi connectivity index (χ3v) is 3.95. The van der Waals surface area contributed by atoms with E-state index in [0.717, 1.165) is 37.8 Å². The van der Waals surface area contributed by atoms with Crippen LogP contribution in [0.25, 0.3) is 0 Å². The number of benzene rings is 1. The molecule has 1 unspecified atom stereocenters. The lowest BCUT2D eigenvalue weighted by Crippen LogP contribution is -2.37. The second-order valence-corrected chi connectivity index (χ2v) is 5.10. The van der Waals surface area contributed by atoms with Crippen molar-refractivity contribution in [3.63, 3.8) is 0 Å². The highest BCUT2D eigenvalue weighted by molar-refractivity contribution is 5.24. The standard InChI is InChI=1S/C13H14F3N/c14-11-5-8(6-12(15)13(11)16)7-3-9-1-2-10(4-7)17-9/h5-7,9-10,17H,1-4H2/t7?,9-,10+. The lowest BCUT2D eigenvalue weighted by atomic mass is 9.86. The minimum atomic E-state index is -1.37. The number of hydrogen-bond donors (Lipinski definition) is 1. The Morgan fingerprint density at radius 3 is 2.00 bits per heavy atom. The van der Waals surface area contributed by atoms with Crippen LogP contribution in [-0.2, 0) is 0 Å². The van der Waals surface area contributed by atoms with Gasteiger partial charge < -0.3 is 5.32 Å². The first-order valence-corrected chi connectivity index (χ1v) is 6.04. The maximum absolute atomic E-state index is 13.2. The number of rotatable bonds is 1. The number of nitrogens with one attached hydrogen (secondary N) is 1. The largest absolute Gasteiger partial charge is 0.311 e. The van der Waals surface area contributed by atoms with E-state index in [1.165, 1.54) is 0 Å². The summed E-state index contributed by atoms with van der Waals surface area (Å²) in [7, 11) is 0. The van der Waals surface area contributed by atoms with Crippen LogP contribution in [0.3, 0.4) is 0 Å². The van der Waals surface area contributed by atoms with Gasteiger partial charge in [0, 0.05) is 12.1 Å². The molecule has 3 rings (SSSR count). The molecular weight excluding hydrogens is 227 g/mol. The van der Waals surface area contributed by atoms with Crippen molar-refractivity contribution in [1.29, 1.82) is 0 Å². The Kier molecular flexibility index (Phi) is 2.62. The quantitative estimate of drug-likeness (QED) is 0.745. The van der Waals surface area contributed by atoms with Crippen LogP contribution in [0.5, 0.6) is 0 Å². The van der Waals surface area contributed by atoms with Crippen LogP contribution in [0.15, 0.2) is 12.1 Å². The second-order valence-electron chi connectivity index (χ2n) is 5.10. The monoisotopic (exact) mass is 241 g/mol. The Labute approximate surface area is 98.0 Å². The Balaban J connectivity index is 1.89. The first kappa shape index (κ1) is 11.1. The summed E-state index contributed by atoms with van der Waals surface area (Å²) in [4.78, 5) is 0. The second kappa shape index (κ2) is 4.02. The van der Waals surface area contributed by atoms with E-state index in [0.29, 0.717) is 17.6 Å². The third-order valence-electron chi connectivity index (χ3n) is 3.95. The summed E-state index contributed by atoms with van der Waals surface area (Å²) in [6.07, 6.45) is 4.04. The van der Waals surface area contributed by atoms with Gasteiger partial charge in [0.2, 0.25) is 0 Å². The van der Waals surface area contributed by atoms with Crippen LogP contribution in [0.4, 0.5) is 13.2 Å². The maximum Gasteiger partial charge on any atom is 0.194 e. The molecule has 0 amide bonds. The van der Waals surface area contributed by atoms with Crippen molar-refractivity contribution in [3.8, 4) is 0 Å². The predicted octanol–water partition coefficient (Wildman–Crippen LogP) is 3.10. The van der Waals surface area contributed by atoms with Gasteiger partial charge in [-0.15, -0.1) is 0 Å². The smallest absolute Gasteiger partial charge is 0.194 e. The molecule has 0 saturated carbocycles. The van der Waals surface area contributed by atoms with Crippen molar-refractivity contribution < 1.29 is 13.2 Å². The van der Waals surface area contributed by atoms with Crippen molar-refractivity contribution in [2.24, 2.45) is 0 Å². The Hall–Kier alpha value is -1.03. The van der Waals surface area contributed by atoms with Gasteiger partial charge in [-0.25, -0.2) is 13.2 Å². The molecule has 0 spiro atoms. The van der Waals surface area contributed by atoms with Crippen molar-refractivity contribution in [3.05, 3.63) is 35.1 Å². The molecule has 1 nitrogen and oxygen atoms in total. The zero-order valence-corrected chi connectivity index (χ0v) is 9.35. The Morgan fingerprint density at radius 1 is 0.941 bits per heavy atom. The van der Waals surface area contributed by atoms with Gasteiger partial charge in [0.25, 0.3) is 0 Å². The number of fused-ring (bicyclic) bond motifs is 2. The zero-order valence-electron chi connectivity index (χ0n) is 9.35. The molecule has 0 aliphatic carbocycles. The van der Waals surface area contributed by atoms with Crippen LogP contribution < -0.4 is 5.32 Å². The highest BCUT2D eigenvalue weighted by Crippen LogP contribution is 2.37. The normalized spacial score (nSPS) is 31.8. The van der Waals surface area contributed by atoms with E-state index in [9.17, 15) is 13.2 Å². The molecule has 2 aliphatic heterocycles. The van der Waals surface area contributed by atoms with E-state index in [1.807, 2.05) is 0 Å². The SMILES string of the molecule is Fc1cc(C2C[C@H]3CC[C@@H](C2)N3)cc(F)c1F. The Bertz CT molecular complexity index is 411. The molecule has 2 aliphatic rings. The van der Waals surface area contributed by atoms with Gasteiger partial charge in [0.1, 0.15) is 0 Å². The van der Waals surface area contributed by atoms with Gasteiger partial charge in [-0.1, -0.05) is 0 Å². The van der Waals surface area contributed by atoms with Crippen molar-refractivity contribution >= 4 is 0 Å². The van der Waals surface area contributed by atoms with Crippen LogP contribution in [-0.4, -0.2) is 12.1 Å².